The summed E-state index contributed by atoms with van der Waals surface area (Å²) < 4.78 is 0. The summed E-state index contributed by atoms with van der Waals surface area (Å²) in [5.41, 5.74) is 19.0. The molecule has 0 N–H and O–H groups in total. The van der Waals surface area contributed by atoms with Crippen LogP contribution in [-0.2, 0) is 0 Å². The highest BCUT2D eigenvalue weighted by Crippen LogP contribution is 2.59. The monoisotopic (exact) mass is 836 g/mol. The maximum absolute atomic E-state index is 2.75. The number of rotatable bonds is 4. The molecule has 0 spiro atoms. The Labute approximate surface area is 379 Å². The van der Waals surface area contributed by atoms with Crippen LogP contribution in [0.25, 0.3) is 32.7 Å². The molecule has 1 heterocycles. The molecule has 308 valence electrons. The third-order valence-corrected chi connectivity index (χ3v) is 20.0. The van der Waals surface area contributed by atoms with Crippen molar-refractivity contribution >= 4 is 46.0 Å². The molecule has 0 nitrogen and oxygen atoms in total. The smallest absolute Gasteiger partial charge is 0.0797 e. The number of hydrogen-bond donors (Lipinski definition) is 0. The van der Waals surface area contributed by atoms with E-state index in [0.29, 0.717) is 17.8 Å². The summed E-state index contributed by atoms with van der Waals surface area (Å²) in [5, 5.41) is 8.51. The van der Waals surface area contributed by atoms with Gasteiger partial charge < -0.3 is 0 Å². The van der Waals surface area contributed by atoms with Crippen LogP contribution in [-0.4, -0.2) is 8.07 Å². The van der Waals surface area contributed by atoms with Crippen LogP contribution in [0.1, 0.15) is 42.4 Å². The SMILES string of the molecule is CC1C(C2=C3CC4C(=CC3=C(c3ccc5ccccc5c3)C3=CC(C5C=CC(c6ccc7ccccc7c6)=C6C=CC=CC65)=CCC32)[Si](C)(C)c2ccccc24)=CC=C2C=CC=CC21. The van der Waals surface area contributed by atoms with Gasteiger partial charge in [-0.2, -0.15) is 0 Å². The Kier molecular flexibility index (Phi) is 8.60. The molecule has 0 fully saturated rings. The van der Waals surface area contributed by atoms with Gasteiger partial charge in [0.05, 0.1) is 0 Å². The van der Waals surface area contributed by atoms with Gasteiger partial charge in [0.15, 0.2) is 0 Å². The Morgan fingerprint density at radius 3 is 2.06 bits per heavy atom. The fraction of sp³-hybridized carbons (Fsp3) is 0.175. The van der Waals surface area contributed by atoms with Gasteiger partial charge in [0.25, 0.3) is 0 Å². The van der Waals surface area contributed by atoms with E-state index in [1.54, 1.807) is 27.1 Å². The van der Waals surface area contributed by atoms with E-state index in [9.17, 15) is 0 Å². The third-order valence-electron chi connectivity index (χ3n) is 16.3. The van der Waals surface area contributed by atoms with Crippen LogP contribution >= 0.6 is 0 Å². The predicted molar refractivity (Wildman–Crippen MR) is 274 cm³/mol. The van der Waals surface area contributed by atoms with Crippen LogP contribution in [0.2, 0.25) is 13.1 Å². The highest BCUT2D eigenvalue weighted by Gasteiger charge is 2.48. The summed E-state index contributed by atoms with van der Waals surface area (Å²) in [6, 6.07) is 41.4. The van der Waals surface area contributed by atoms with Crippen LogP contribution in [0.3, 0.4) is 0 Å². The minimum atomic E-state index is -1.92. The Morgan fingerprint density at radius 2 is 1.25 bits per heavy atom. The number of benzene rings is 5. The van der Waals surface area contributed by atoms with Gasteiger partial charge in [-0.25, -0.2) is 0 Å². The van der Waals surface area contributed by atoms with Crippen LogP contribution < -0.4 is 5.19 Å². The van der Waals surface area contributed by atoms with Gasteiger partial charge in [-0.15, -0.1) is 0 Å². The van der Waals surface area contributed by atoms with Gasteiger partial charge in [0.2, 0.25) is 0 Å². The third kappa shape index (κ3) is 5.73. The Balaban J connectivity index is 1.02. The summed E-state index contributed by atoms with van der Waals surface area (Å²) in [6.07, 6.45) is 38.7. The van der Waals surface area contributed by atoms with E-state index in [1.165, 1.54) is 77.3 Å². The molecule has 8 aliphatic rings. The van der Waals surface area contributed by atoms with Crippen LogP contribution in [0.15, 0.2) is 250 Å². The summed E-state index contributed by atoms with van der Waals surface area (Å²) in [7, 11) is -1.92. The molecule has 64 heavy (non-hydrogen) atoms. The quantitative estimate of drug-likeness (QED) is 0.158. The first-order chi connectivity index (χ1) is 31.4. The van der Waals surface area contributed by atoms with Gasteiger partial charge >= 0.3 is 0 Å². The first-order valence-corrected chi connectivity index (χ1v) is 26.6. The molecule has 5 aromatic rings. The minimum absolute atomic E-state index is 0.243. The maximum Gasteiger partial charge on any atom is 0.108 e. The van der Waals surface area contributed by atoms with Gasteiger partial charge in [-0.3, -0.25) is 0 Å². The molecule has 0 bridgehead atoms. The summed E-state index contributed by atoms with van der Waals surface area (Å²) >= 11 is 0. The fourth-order valence-corrected chi connectivity index (χ4v) is 16.5. The lowest BCUT2D eigenvalue weighted by Gasteiger charge is -2.43. The highest BCUT2D eigenvalue weighted by atomic mass is 28.3. The standard InChI is InChI=1S/C63H52Si/c1-39-48-19-9-8-16-42(48)28-30-49(39)63-55-31-29-46(51-33-32-50(52-20-10-11-21-53(51)52)45-26-24-40-14-4-6-17-43(40)34-45)36-57(55)62(47-27-25-41-15-5-7-18-44(41)35-47)59-38-61-56(37-58(59)63)54-22-12-13-23-60(54)64(61,2)3/h4-30,32-36,38-39,48,51,53,55-56H,31,37H2,1-3H3. The van der Waals surface area contributed by atoms with Crippen molar-refractivity contribution in [2.75, 3.05) is 0 Å². The molecule has 0 aromatic heterocycles. The molecule has 1 heteroatoms. The topological polar surface area (TPSA) is 0 Å². The fourth-order valence-electron chi connectivity index (χ4n) is 13.1. The Hall–Kier alpha value is -6.54. The van der Waals surface area contributed by atoms with Crippen molar-refractivity contribution in [3.63, 3.8) is 0 Å². The second-order valence-electron chi connectivity index (χ2n) is 19.8. The molecule has 5 aromatic carbocycles. The zero-order valence-corrected chi connectivity index (χ0v) is 37.9. The Bertz CT molecular complexity index is 3330. The van der Waals surface area contributed by atoms with Crippen LogP contribution in [0.4, 0.5) is 0 Å². The zero-order chi connectivity index (χ0) is 42.7. The van der Waals surface area contributed by atoms with Crippen LogP contribution in [0.5, 0.6) is 0 Å². The zero-order valence-electron chi connectivity index (χ0n) is 36.9. The lowest BCUT2D eigenvalue weighted by molar-refractivity contribution is 0.534. The summed E-state index contributed by atoms with van der Waals surface area (Å²) in [4.78, 5) is 0. The molecule has 1 aliphatic heterocycles. The van der Waals surface area contributed by atoms with Crippen molar-refractivity contribution in [3.8, 4) is 0 Å². The van der Waals surface area contributed by atoms with Gasteiger partial charge in [-0.05, 0) is 125 Å². The molecule has 13 rings (SSSR count). The van der Waals surface area contributed by atoms with Crippen molar-refractivity contribution in [2.24, 2.45) is 29.6 Å². The number of fused-ring (bicyclic) bond motifs is 9. The minimum Gasteiger partial charge on any atom is -0.0797 e. The number of allylic oxidation sites excluding steroid dienone is 26. The normalized spacial score (nSPS) is 27.0. The van der Waals surface area contributed by atoms with E-state index < -0.39 is 8.07 Å². The molecule has 7 aliphatic carbocycles. The first-order valence-electron chi connectivity index (χ1n) is 23.6. The van der Waals surface area contributed by atoms with E-state index in [0.717, 1.165) is 12.8 Å². The largest absolute Gasteiger partial charge is 0.108 e. The van der Waals surface area contributed by atoms with E-state index in [4.69, 9.17) is 0 Å². The molecular formula is C63H52Si. The lowest BCUT2D eigenvalue weighted by atomic mass is 9.61. The summed E-state index contributed by atoms with van der Waals surface area (Å²) in [5.74, 6) is 1.99. The van der Waals surface area contributed by atoms with E-state index in [2.05, 4.69) is 220 Å². The second-order valence-corrected chi connectivity index (χ2v) is 24.2. The van der Waals surface area contributed by atoms with Gasteiger partial charge in [0.1, 0.15) is 8.07 Å². The molecule has 0 saturated heterocycles. The predicted octanol–water partition coefficient (Wildman–Crippen LogP) is 15.1. The van der Waals surface area contributed by atoms with E-state index >= 15 is 0 Å². The maximum atomic E-state index is 2.75. The van der Waals surface area contributed by atoms with Gasteiger partial charge in [-0.1, -0.05) is 219 Å². The van der Waals surface area contributed by atoms with Crippen molar-refractivity contribution in [2.45, 2.75) is 38.8 Å². The highest BCUT2D eigenvalue weighted by molar-refractivity contribution is 6.97. The van der Waals surface area contributed by atoms with Crippen molar-refractivity contribution in [3.05, 3.63) is 267 Å². The lowest BCUT2D eigenvalue weighted by Crippen LogP contribution is -2.40. The average molecular weight is 837 g/mol. The summed E-state index contributed by atoms with van der Waals surface area (Å²) in [6.45, 7) is 7.71. The molecule has 0 amide bonds. The van der Waals surface area contributed by atoms with E-state index in [1.807, 2.05) is 0 Å². The van der Waals surface area contributed by atoms with Crippen molar-refractivity contribution in [1.29, 1.82) is 0 Å². The number of hydrogen-bond acceptors (Lipinski definition) is 0. The molecule has 6 atom stereocenters. The first kappa shape index (κ1) is 38.0. The molecule has 0 saturated carbocycles. The van der Waals surface area contributed by atoms with Crippen LogP contribution in [0, 0.1) is 29.6 Å². The van der Waals surface area contributed by atoms with E-state index in [-0.39, 0.29) is 17.8 Å². The van der Waals surface area contributed by atoms with Crippen molar-refractivity contribution in [1.82, 2.24) is 0 Å². The second kappa shape index (κ2) is 14.5. The molecular weight excluding hydrogens is 785 g/mol. The molecule has 6 unspecified atom stereocenters. The van der Waals surface area contributed by atoms with Crippen molar-refractivity contribution < 1.29 is 0 Å². The average Bonchev–Trinajstić information content (AvgIpc) is 3.56. The Morgan fingerprint density at radius 1 is 0.547 bits per heavy atom. The van der Waals surface area contributed by atoms with Gasteiger partial charge in [0, 0.05) is 29.6 Å². The molecule has 0 radical (unpaired) electrons.